The molecule has 2 aromatic heterocycles. The minimum absolute atomic E-state index is 0.247. The Labute approximate surface area is 170 Å². The van der Waals surface area contributed by atoms with Crippen LogP contribution in [0, 0.1) is 17.9 Å². The maximum atomic E-state index is 10.3. The van der Waals surface area contributed by atoms with Crippen LogP contribution in [-0.2, 0) is 0 Å². The van der Waals surface area contributed by atoms with Gasteiger partial charge in [0.15, 0.2) is 0 Å². The van der Waals surface area contributed by atoms with E-state index in [0.717, 1.165) is 15.8 Å². The summed E-state index contributed by atoms with van der Waals surface area (Å²) in [6.45, 7) is 8.95. The van der Waals surface area contributed by atoms with Crippen molar-refractivity contribution >= 4 is 32.8 Å². The molecule has 4 aromatic rings. The zero-order valence-corrected chi connectivity index (χ0v) is 16.1. The predicted molar refractivity (Wildman–Crippen MR) is 111 cm³/mol. The number of hydrogen-bond acceptors (Lipinski definition) is 7. The van der Waals surface area contributed by atoms with Crippen LogP contribution in [0.3, 0.4) is 0 Å². The van der Waals surface area contributed by atoms with Gasteiger partial charge in [0.05, 0.1) is 24.3 Å². The number of aromatic nitrogens is 2. The Morgan fingerprint density at radius 2 is 2.00 bits per heavy atom. The van der Waals surface area contributed by atoms with E-state index >= 15 is 0 Å². The first-order chi connectivity index (χ1) is 14.1. The minimum atomic E-state index is -0.807. The summed E-state index contributed by atoms with van der Waals surface area (Å²) in [5, 5.41) is 33.5. The highest BCUT2D eigenvalue weighted by Crippen LogP contribution is 2.37. The third-order valence-electron chi connectivity index (χ3n) is 4.48. The summed E-state index contributed by atoms with van der Waals surface area (Å²) in [6.07, 6.45) is -0.807. The number of fused-ring (bicyclic) bond motifs is 1. The molecule has 2 N–H and O–H groups in total. The molecule has 4 rings (SSSR count). The summed E-state index contributed by atoms with van der Waals surface area (Å²) in [7, 11) is 0. The molecule has 8 heteroatoms. The number of nitrogens with one attached hydrogen (secondary N) is 1. The summed E-state index contributed by atoms with van der Waals surface area (Å²) in [6, 6.07) is 13.8. The summed E-state index contributed by atoms with van der Waals surface area (Å²) in [4.78, 5) is 3.56. The molecule has 0 spiro atoms. The predicted octanol–water partition coefficient (Wildman–Crippen LogP) is 4.91. The molecule has 0 amide bonds. The van der Waals surface area contributed by atoms with Crippen LogP contribution in [-0.4, -0.2) is 21.4 Å². The molecule has 0 saturated carbocycles. The van der Waals surface area contributed by atoms with Crippen molar-refractivity contribution in [1.29, 1.82) is 5.26 Å². The normalized spacial score (nSPS) is 12.8. The Balaban J connectivity index is 1.66. The van der Waals surface area contributed by atoms with Crippen LogP contribution < -0.4 is 5.32 Å². The van der Waals surface area contributed by atoms with E-state index in [-0.39, 0.29) is 5.89 Å². The molecule has 0 aliphatic carbocycles. The van der Waals surface area contributed by atoms with E-state index in [2.05, 4.69) is 26.4 Å². The van der Waals surface area contributed by atoms with E-state index in [1.54, 1.807) is 37.3 Å². The molecular weight excluding hydrogens is 386 g/mol. The van der Waals surface area contributed by atoms with Crippen LogP contribution in [0.15, 0.2) is 52.3 Å². The average Bonchev–Trinajstić information content (AvgIpc) is 3.42. The molecule has 0 unspecified atom stereocenters. The fourth-order valence-corrected chi connectivity index (χ4v) is 3.86. The van der Waals surface area contributed by atoms with Crippen LogP contribution in [0.25, 0.3) is 26.4 Å². The van der Waals surface area contributed by atoms with Gasteiger partial charge in [-0.1, -0.05) is 6.07 Å². The summed E-state index contributed by atoms with van der Waals surface area (Å²) < 4.78 is 6.69. The number of aliphatic hydroxyl groups excluding tert-OH is 1. The third kappa shape index (κ3) is 3.55. The number of hydrogen-bond donors (Lipinski definition) is 2. The Hall–Kier alpha value is -3.72. The molecule has 142 valence electrons. The number of aliphatic hydroxyl groups is 1. The van der Waals surface area contributed by atoms with Gasteiger partial charge in [-0.05, 0) is 48.7 Å². The van der Waals surface area contributed by atoms with E-state index < -0.39 is 12.1 Å². The van der Waals surface area contributed by atoms with Crippen molar-refractivity contribution < 1.29 is 9.52 Å². The van der Waals surface area contributed by atoms with Crippen LogP contribution in [0.5, 0.6) is 0 Å². The van der Waals surface area contributed by atoms with Gasteiger partial charge in [-0.3, -0.25) is 0 Å². The molecule has 0 bridgehead atoms. The number of nitriles is 1. The van der Waals surface area contributed by atoms with Crippen molar-refractivity contribution in [2.45, 2.75) is 19.1 Å². The van der Waals surface area contributed by atoms with E-state index in [4.69, 9.17) is 16.3 Å². The average molecular weight is 401 g/mol. The van der Waals surface area contributed by atoms with Crippen LogP contribution in [0.2, 0.25) is 0 Å². The van der Waals surface area contributed by atoms with Gasteiger partial charge in [0, 0.05) is 21.3 Å². The van der Waals surface area contributed by atoms with Crippen molar-refractivity contribution in [3.8, 4) is 17.5 Å². The molecule has 0 fully saturated rings. The van der Waals surface area contributed by atoms with Gasteiger partial charge in [-0.15, -0.1) is 10.2 Å². The van der Waals surface area contributed by atoms with Crippen LogP contribution in [0.4, 0.5) is 11.4 Å². The van der Waals surface area contributed by atoms with Gasteiger partial charge in [-0.25, -0.2) is 4.85 Å². The Bertz CT molecular complexity index is 1240. The van der Waals surface area contributed by atoms with Crippen molar-refractivity contribution in [2.24, 2.45) is 0 Å². The lowest BCUT2D eigenvalue weighted by Gasteiger charge is -2.20. The van der Waals surface area contributed by atoms with Crippen molar-refractivity contribution in [3.63, 3.8) is 0 Å². The van der Waals surface area contributed by atoms with Crippen LogP contribution in [0.1, 0.15) is 24.4 Å². The van der Waals surface area contributed by atoms with Crippen molar-refractivity contribution in [1.82, 2.24) is 10.2 Å². The monoisotopic (exact) mass is 401 g/mol. The Kier molecular flexibility index (Phi) is 4.96. The summed E-state index contributed by atoms with van der Waals surface area (Å²) in [5.41, 5.74) is 2.60. The molecule has 2 heterocycles. The van der Waals surface area contributed by atoms with Gasteiger partial charge in [0.25, 0.3) is 0 Å². The van der Waals surface area contributed by atoms with Gasteiger partial charge >= 0.3 is 0 Å². The maximum absolute atomic E-state index is 10.3. The number of benzene rings is 2. The highest BCUT2D eigenvalue weighted by molar-refractivity contribution is 7.18. The van der Waals surface area contributed by atoms with E-state index in [0.29, 0.717) is 22.7 Å². The minimum Gasteiger partial charge on any atom is -0.418 e. The van der Waals surface area contributed by atoms with Gasteiger partial charge in [-0.2, -0.15) is 16.6 Å². The number of anilines is 1. The first-order valence-corrected chi connectivity index (χ1v) is 9.65. The quantitative estimate of drug-likeness (QED) is 0.461. The first kappa shape index (κ1) is 18.6. The van der Waals surface area contributed by atoms with E-state index in [1.165, 1.54) is 11.3 Å². The fraction of sp³-hybridized carbons (Fsp3) is 0.143. The van der Waals surface area contributed by atoms with Crippen molar-refractivity contribution in [3.05, 3.63) is 70.7 Å². The zero-order valence-electron chi connectivity index (χ0n) is 15.3. The largest absolute Gasteiger partial charge is 0.418 e. The van der Waals surface area contributed by atoms with Crippen molar-refractivity contribution in [2.75, 3.05) is 5.32 Å². The Morgan fingerprint density at radius 1 is 1.21 bits per heavy atom. The van der Waals surface area contributed by atoms with E-state index in [1.807, 2.05) is 17.5 Å². The lowest BCUT2D eigenvalue weighted by molar-refractivity contribution is 0.160. The molecule has 0 aliphatic heterocycles. The molecule has 0 radical (unpaired) electrons. The molecular formula is C21H15N5O2S. The fourth-order valence-electron chi connectivity index (χ4n) is 2.98. The van der Waals surface area contributed by atoms with Gasteiger partial charge in [0.1, 0.15) is 6.04 Å². The number of thiophene rings is 1. The summed E-state index contributed by atoms with van der Waals surface area (Å²) >= 11 is 1.50. The second-order valence-corrected chi connectivity index (χ2v) is 7.32. The standard InChI is InChI=1S/C21H15N5O2S/c1-12(27)18(24-16-7-8-17(23-2)19-15(16)9-10-29-19)21-26-25-20(28-21)14-5-3-13(11-22)4-6-14/h3-10,12,18,24,27H,1H3/t12-,18+/m0/s1. The lowest BCUT2D eigenvalue weighted by Crippen LogP contribution is -2.23. The second-order valence-electron chi connectivity index (χ2n) is 6.40. The zero-order chi connectivity index (χ0) is 20.4. The smallest absolute Gasteiger partial charge is 0.247 e. The first-order valence-electron chi connectivity index (χ1n) is 8.77. The molecule has 2 atom stereocenters. The molecule has 2 aromatic carbocycles. The highest BCUT2D eigenvalue weighted by Gasteiger charge is 2.25. The lowest BCUT2D eigenvalue weighted by atomic mass is 10.1. The van der Waals surface area contributed by atoms with Gasteiger partial charge < -0.3 is 14.8 Å². The second kappa shape index (κ2) is 7.72. The van der Waals surface area contributed by atoms with Gasteiger partial charge in [0.2, 0.25) is 17.5 Å². The Morgan fingerprint density at radius 3 is 2.69 bits per heavy atom. The molecule has 29 heavy (non-hydrogen) atoms. The number of rotatable bonds is 5. The molecule has 0 aliphatic rings. The van der Waals surface area contributed by atoms with E-state index in [9.17, 15) is 5.11 Å². The summed E-state index contributed by atoms with van der Waals surface area (Å²) in [5.74, 6) is 0.554. The third-order valence-corrected chi connectivity index (χ3v) is 5.41. The topological polar surface area (TPSA) is 99.3 Å². The molecule has 7 nitrogen and oxygen atoms in total. The highest BCUT2D eigenvalue weighted by atomic mass is 32.1. The SMILES string of the molecule is [C-]#[N+]c1ccc(N[C@@H](c2nnc(-c3ccc(C#N)cc3)o2)[C@H](C)O)c2ccsc12. The molecule has 0 saturated heterocycles. The number of nitrogens with zero attached hydrogens (tertiary/aromatic N) is 4. The van der Waals surface area contributed by atoms with Crippen LogP contribution >= 0.6 is 11.3 Å². The maximum Gasteiger partial charge on any atom is 0.247 e.